The lowest BCUT2D eigenvalue weighted by atomic mass is 9.87. The molecule has 38 heavy (non-hydrogen) atoms. The Balaban J connectivity index is 1.51. The topological polar surface area (TPSA) is 112 Å². The fraction of sp³-hybridized carbons (Fsp3) is 0.552. The van der Waals surface area contributed by atoms with E-state index in [4.69, 9.17) is 18.9 Å². The molecule has 2 aliphatic rings. The van der Waals surface area contributed by atoms with Gasteiger partial charge in [-0.3, -0.25) is 9.59 Å². The highest BCUT2D eigenvalue weighted by atomic mass is 16.6. The van der Waals surface area contributed by atoms with Gasteiger partial charge in [0.05, 0.1) is 38.4 Å². The Bertz CT molecular complexity index is 1030. The molecular formula is C29H39NO8. The molecule has 0 saturated carbocycles. The molecule has 2 amide bonds. The first-order valence-corrected chi connectivity index (χ1v) is 13.0. The predicted octanol–water partition coefficient (Wildman–Crippen LogP) is 3.80. The van der Waals surface area contributed by atoms with Crippen LogP contribution >= 0.6 is 0 Å². The minimum atomic E-state index is -1.05. The number of amides is 2. The first kappa shape index (κ1) is 29.5. The Morgan fingerprint density at radius 1 is 1.16 bits per heavy atom. The first-order chi connectivity index (χ1) is 18.0. The second-order valence-corrected chi connectivity index (χ2v) is 10.5. The van der Waals surface area contributed by atoms with Crippen molar-refractivity contribution in [1.82, 2.24) is 4.90 Å². The standard InChI is InChI=1S/C29H39NO8/c1-19(2)26-29(4,5)38-28(34)30(26)27(33)20(3)25-24(32)14-13-22(37-25)12-9-15-35-18-23(16-31)36-17-21-10-7-6-8-11-21/h6-8,10-14,19-20,23,25-26,31H,9,15-18H2,1-5H3/t20-,23+,25+,26-/m0/s1. The fourth-order valence-corrected chi connectivity index (χ4v) is 4.84. The van der Waals surface area contributed by atoms with Gasteiger partial charge in [0.1, 0.15) is 17.5 Å². The van der Waals surface area contributed by atoms with E-state index in [0.29, 0.717) is 25.4 Å². The molecule has 0 aromatic heterocycles. The highest BCUT2D eigenvalue weighted by Crippen LogP contribution is 2.36. The van der Waals surface area contributed by atoms with E-state index in [-0.39, 0.29) is 24.9 Å². The highest BCUT2D eigenvalue weighted by Gasteiger charge is 2.53. The average molecular weight is 530 g/mol. The molecular weight excluding hydrogens is 490 g/mol. The number of nitrogens with zero attached hydrogens (tertiary/aromatic N) is 1. The van der Waals surface area contributed by atoms with Crippen molar-refractivity contribution in [2.75, 3.05) is 19.8 Å². The molecule has 4 atom stereocenters. The van der Waals surface area contributed by atoms with Gasteiger partial charge in [-0.05, 0) is 56.9 Å². The molecule has 1 aromatic rings. The summed E-state index contributed by atoms with van der Waals surface area (Å²) in [4.78, 5) is 39.6. The van der Waals surface area contributed by atoms with Gasteiger partial charge in [0.15, 0.2) is 11.9 Å². The molecule has 0 unspecified atom stereocenters. The third-order valence-corrected chi connectivity index (χ3v) is 6.65. The van der Waals surface area contributed by atoms with Gasteiger partial charge < -0.3 is 24.1 Å². The first-order valence-electron chi connectivity index (χ1n) is 13.0. The number of imide groups is 1. The maximum atomic E-state index is 13.3. The van der Waals surface area contributed by atoms with Crippen LogP contribution in [0, 0.1) is 11.8 Å². The molecule has 1 fully saturated rings. The summed E-state index contributed by atoms with van der Waals surface area (Å²) < 4.78 is 22.7. The van der Waals surface area contributed by atoms with Crippen molar-refractivity contribution in [3.63, 3.8) is 0 Å². The van der Waals surface area contributed by atoms with Crippen LogP contribution in [-0.2, 0) is 35.1 Å². The van der Waals surface area contributed by atoms with Crippen molar-refractivity contribution in [3.8, 4) is 0 Å². The molecule has 3 rings (SSSR count). The maximum absolute atomic E-state index is 13.3. The Kier molecular flexibility index (Phi) is 10.2. The molecule has 9 heteroatoms. The second kappa shape index (κ2) is 13.2. The lowest BCUT2D eigenvalue weighted by molar-refractivity contribution is -0.143. The Labute approximate surface area is 224 Å². The Morgan fingerprint density at radius 3 is 2.53 bits per heavy atom. The van der Waals surface area contributed by atoms with Crippen LogP contribution < -0.4 is 0 Å². The van der Waals surface area contributed by atoms with Gasteiger partial charge in [0.25, 0.3) is 0 Å². The minimum absolute atomic E-state index is 0.0277. The summed E-state index contributed by atoms with van der Waals surface area (Å²) in [5, 5.41) is 9.55. The number of carbonyl (C=O) groups excluding carboxylic acids is 3. The molecule has 2 aliphatic heterocycles. The molecule has 0 radical (unpaired) electrons. The van der Waals surface area contributed by atoms with E-state index < -0.39 is 41.8 Å². The number of rotatable bonds is 12. The van der Waals surface area contributed by atoms with E-state index in [1.165, 1.54) is 6.08 Å². The number of ketones is 1. The van der Waals surface area contributed by atoms with Gasteiger partial charge in [-0.25, -0.2) is 9.69 Å². The average Bonchev–Trinajstić information content (AvgIpc) is 3.14. The van der Waals surface area contributed by atoms with Gasteiger partial charge in [0.2, 0.25) is 5.91 Å². The third-order valence-electron chi connectivity index (χ3n) is 6.65. The largest absolute Gasteiger partial charge is 0.482 e. The van der Waals surface area contributed by atoms with Crippen molar-refractivity contribution in [2.45, 2.75) is 71.5 Å². The number of hydrogen-bond donors (Lipinski definition) is 1. The zero-order valence-corrected chi connectivity index (χ0v) is 22.8. The molecule has 0 spiro atoms. The van der Waals surface area contributed by atoms with Crippen molar-refractivity contribution in [1.29, 1.82) is 0 Å². The van der Waals surface area contributed by atoms with Crippen molar-refractivity contribution < 1.29 is 38.4 Å². The molecule has 1 saturated heterocycles. The van der Waals surface area contributed by atoms with Crippen LogP contribution in [0.4, 0.5) is 4.79 Å². The summed E-state index contributed by atoms with van der Waals surface area (Å²) in [5.41, 5.74) is 0.184. The van der Waals surface area contributed by atoms with Crippen LogP contribution in [0.5, 0.6) is 0 Å². The number of hydrogen-bond acceptors (Lipinski definition) is 8. The Hall–Kier alpha value is -3.01. The van der Waals surface area contributed by atoms with Gasteiger partial charge in [-0.1, -0.05) is 44.2 Å². The molecule has 0 bridgehead atoms. The SMILES string of the molecule is CC(C)[C@@H]1N(C(=O)[C@@H](C)[C@H]2OC(=CCCOC[C@@H](CO)OCc3ccccc3)C=CC2=O)C(=O)OC1(C)C. The molecule has 1 N–H and O–H groups in total. The fourth-order valence-electron chi connectivity index (χ4n) is 4.84. The molecule has 1 aromatic carbocycles. The number of cyclic esters (lactones) is 1. The quantitative estimate of drug-likeness (QED) is 0.407. The van der Waals surface area contributed by atoms with Crippen LogP contribution in [0.15, 0.2) is 54.3 Å². The Morgan fingerprint density at radius 2 is 1.87 bits per heavy atom. The number of benzene rings is 1. The van der Waals surface area contributed by atoms with E-state index in [0.717, 1.165) is 10.5 Å². The summed E-state index contributed by atoms with van der Waals surface area (Å²) >= 11 is 0. The van der Waals surface area contributed by atoms with E-state index in [2.05, 4.69) is 0 Å². The van der Waals surface area contributed by atoms with E-state index in [1.807, 2.05) is 44.2 Å². The van der Waals surface area contributed by atoms with Gasteiger partial charge in [0, 0.05) is 0 Å². The summed E-state index contributed by atoms with van der Waals surface area (Å²) in [6, 6.07) is 9.23. The number of carbonyl (C=O) groups is 3. The van der Waals surface area contributed by atoms with Crippen LogP contribution in [0.3, 0.4) is 0 Å². The monoisotopic (exact) mass is 529 g/mol. The van der Waals surface area contributed by atoms with Crippen LogP contribution in [0.2, 0.25) is 0 Å². The minimum Gasteiger partial charge on any atom is -0.482 e. The molecule has 9 nitrogen and oxygen atoms in total. The van der Waals surface area contributed by atoms with Gasteiger partial charge in [-0.2, -0.15) is 0 Å². The number of allylic oxidation sites excluding steroid dienone is 1. The molecule has 2 heterocycles. The van der Waals surface area contributed by atoms with Gasteiger partial charge in [-0.15, -0.1) is 0 Å². The number of ether oxygens (including phenoxy) is 4. The zero-order chi connectivity index (χ0) is 27.9. The highest BCUT2D eigenvalue weighted by molar-refractivity contribution is 6.02. The smallest absolute Gasteiger partial charge is 0.417 e. The van der Waals surface area contributed by atoms with E-state index in [1.54, 1.807) is 32.9 Å². The lowest BCUT2D eigenvalue weighted by Gasteiger charge is -2.33. The van der Waals surface area contributed by atoms with E-state index in [9.17, 15) is 19.5 Å². The maximum Gasteiger partial charge on any atom is 0.417 e. The normalized spacial score (nSPS) is 23.4. The predicted molar refractivity (Wildman–Crippen MR) is 140 cm³/mol. The summed E-state index contributed by atoms with van der Waals surface area (Å²) in [6.45, 7) is 9.80. The summed E-state index contributed by atoms with van der Waals surface area (Å²) in [6.07, 6.45) is 3.01. The molecule has 0 aliphatic carbocycles. The summed E-state index contributed by atoms with van der Waals surface area (Å²) in [7, 11) is 0. The number of aliphatic hydroxyl groups excluding tert-OH is 1. The van der Waals surface area contributed by atoms with E-state index >= 15 is 0 Å². The van der Waals surface area contributed by atoms with Crippen molar-refractivity contribution in [2.24, 2.45) is 11.8 Å². The van der Waals surface area contributed by atoms with Gasteiger partial charge >= 0.3 is 6.09 Å². The lowest BCUT2D eigenvalue weighted by Crippen LogP contribution is -2.52. The van der Waals surface area contributed by atoms with Crippen LogP contribution in [-0.4, -0.2) is 71.5 Å². The second-order valence-electron chi connectivity index (χ2n) is 10.5. The van der Waals surface area contributed by atoms with Crippen molar-refractivity contribution >= 4 is 17.8 Å². The van der Waals surface area contributed by atoms with Crippen molar-refractivity contribution in [3.05, 3.63) is 59.9 Å². The molecule has 208 valence electrons. The van der Waals surface area contributed by atoms with Crippen LogP contribution in [0.1, 0.15) is 46.6 Å². The third kappa shape index (κ3) is 7.30. The zero-order valence-electron chi connectivity index (χ0n) is 22.8. The number of aliphatic hydroxyl groups is 1. The van der Waals surface area contributed by atoms with Crippen LogP contribution in [0.25, 0.3) is 0 Å². The summed E-state index contributed by atoms with van der Waals surface area (Å²) in [5.74, 6) is -1.31.